The Kier molecular flexibility index (Phi) is 6.24. The first kappa shape index (κ1) is 22.1. The minimum absolute atomic E-state index is 0.150. The van der Waals surface area contributed by atoms with Crippen molar-refractivity contribution in [2.24, 2.45) is 5.92 Å². The van der Waals surface area contributed by atoms with E-state index >= 15 is 0 Å². The number of ether oxygens (including phenoxy) is 1. The number of likely N-dealkylation sites (tertiary alicyclic amines) is 1. The van der Waals surface area contributed by atoms with Crippen LogP contribution in [0, 0.1) is 19.8 Å². The molecule has 174 valence electrons. The molecule has 0 amide bonds. The molecule has 2 aromatic rings. The number of esters is 1. The van der Waals surface area contributed by atoms with E-state index in [0.717, 1.165) is 51.5 Å². The van der Waals surface area contributed by atoms with Crippen LogP contribution in [0.5, 0.6) is 0 Å². The molecule has 0 aromatic heterocycles. The van der Waals surface area contributed by atoms with Crippen LogP contribution in [0.2, 0.25) is 0 Å². The van der Waals surface area contributed by atoms with Crippen molar-refractivity contribution in [3.05, 3.63) is 64.2 Å². The van der Waals surface area contributed by atoms with Gasteiger partial charge in [0.05, 0.1) is 5.92 Å². The van der Waals surface area contributed by atoms with Crippen molar-refractivity contribution < 1.29 is 14.3 Å². The third-order valence-electron chi connectivity index (χ3n) is 7.83. The fourth-order valence-electron chi connectivity index (χ4n) is 5.61. The van der Waals surface area contributed by atoms with Crippen LogP contribution in [-0.4, -0.2) is 43.5 Å². The number of carbonyl (C=O) groups is 2. The first-order chi connectivity index (χ1) is 16.0. The van der Waals surface area contributed by atoms with Gasteiger partial charge in [0, 0.05) is 31.2 Å². The Morgan fingerprint density at radius 3 is 2.30 bits per heavy atom. The molecule has 0 bridgehead atoms. The average Bonchev–Trinajstić information content (AvgIpc) is 3.62. The third kappa shape index (κ3) is 4.70. The quantitative estimate of drug-likeness (QED) is 0.351. The van der Waals surface area contributed by atoms with Crippen LogP contribution in [-0.2, 0) is 20.9 Å². The summed E-state index contributed by atoms with van der Waals surface area (Å²) < 4.78 is 4.54. The molecule has 0 N–H and O–H groups in total. The number of carbonyl (C=O) groups excluding carboxylic acids is 2. The molecule has 3 aliphatic rings. The summed E-state index contributed by atoms with van der Waals surface area (Å²) in [6.07, 6.45) is 4.19. The van der Waals surface area contributed by atoms with Crippen LogP contribution in [0.3, 0.4) is 0 Å². The molecule has 2 heterocycles. The van der Waals surface area contributed by atoms with Gasteiger partial charge in [0.15, 0.2) is 0 Å². The molecule has 0 unspecified atom stereocenters. The Balaban J connectivity index is 1.20. The molecule has 2 aliphatic heterocycles. The van der Waals surface area contributed by atoms with E-state index in [1.54, 1.807) is 5.56 Å². The number of hydrogen-bond donors (Lipinski definition) is 0. The molecule has 1 aliphatic carbocycles. The fourth-order valence-corrected chi connectivity index (χ4v) is 5.61. The van der Waals surface area contributed by atoms with E-state index in [1.807, 2.05) is 0 Å². The monoisotopic (exact) mass is 446 g/mol. The molecular weight excluding hydrogens is 412 g/mol. The van der Waals surface area contributed by atoms with Crippen molar-refractivity contribution >= 4 is 18.1 Å². The second kappa shape index (κ2) is 9.30. The van der Waals surface area contributed by atoms with Gasteiger partial charge in [-0.2, -0.15) is 0 Å². The van der Waals surface area contributed by atoms with Crippen molar-refractivity contribution in [2.45, 2.75) is 57.9 Å². The lowest BCUT2D eigenvalue weighted by molar-refractivity contribution is -0.156. The number of rotatable bonds is 7. The number of para-hydroxylation sites is 1. The van der Waals surface area contributed by atoms with Crippen molar-refractivity contribution in [1.82, 2.24) is 4.90 Å². The van der Waals surface area contributed by atoms with Gasteiger partial charge < -0.3 is 9.64 Å². The van der Waals surface area contributed by atoms with Crippen LogP contribution in [0.4, 0.5) is 5.69 Å². The van der Waals surface area contributed by atoms with Crippen LogP contribution in [0.1, 0.15) is 65.3 Å². The minimum Gasteiger partial charge on any atom is -0.395 e. The van der Waals surface area contributed by atoms with Crippen LogP contribution in [0.25, 0.3) is 0 Å². The summed E-state index contributed by atoms with van der Waals surface area (Å²) >= 11 is 0. The van der Waals surface area contributed by atoms with Crippen LogP contribution >= 0.6 is 0 Å². The number of anilines is 1. The standard InChI is InChI=1S/C28H34N2O3/c1-19-13-23(24-15-30(16-24)27-6-4-3-5-25(27)21-7-8-21)14-20(2)26(19)17-29-11-9-22(10-12-29)28(32)33-18-31/h3-6,13-14,18,21-22,24H,7-12,15-17H2,1-2H3. The topological polar surface area (TPSA) is 49.9 Å². The first-order valence-electron chi connectivity index (χ1n) is 12.3. The predicted molar refractivity (Wildman–Crippen MR) is 129 cm³/mol. The summed E-state index contributed by atoms with van der Waals surface area (Å²) in [5.74, 6) is 0.853. The van der Waals surface area contributed by atoms with Gasteiger partial charge in [0.1, 0.15) is 0 Å². The van der Waals surface area contributed by atoms with E-state index in [1.165, 1.54) is 40.8 Å². The number of benzene rings is 2. The van der Waals surface area contributed by atoms with Crippen molar-refractivity contribution in [3.8, 4) is 0 Å². The van der Waals surface area contributed by atoms with Crippen molar-refractivity contribution in [1.29, 1.82) is 0 Å². The average molecular weight is 447 g/mol. The predicted octanol–water partition coefficient (Wildman–Crippen LogP) is 4.70. The fraction of sp³-hybridized carbons (Fsp3) is 0.500. The molecule has 33 heavy (non-hydrogen) atoms. The summed E-state index contributed by atoms with van der Waals surface area (Å²) in [5.41, 5.74) is 8.59. The summed E-state index contributed by atoms with van der Waals surface area (Å²) in [6, 6.07) is 13.8. The zero-order valence-electron chi connectivity index (χ0n) is 19.8. The van der Waals surface area contributed by atoms with Crippen LogP contribution < -0.4 is 4.90 Å². The number of aryl methyl sites for hydroxylation is 2. The highest BCUT2D eigenvalue weighted by Crippen LogP contribution is 2.46. The zero-order valence-corrected chi connectivity index (χ0v) is 19.8. The maximum atomic E-state index is 11.8. The molecule has 3 fully saturated rings. The van der Waals surface area contributed by atoms with E-state index in [2.05, 4.69) is 64.8 Å². The molecule has 0 spiro atoms. The Labute approximate surface area is 196 Å². The van der Waals surface area contributed by atoms with Gasteiger partial charge in [0.25, 0.3) is 0 Å². The molecule has 2 aromatic carbocycles. The lowest BCUT2D eigenvalue weighted by Crippen LogP contribution is -2.45. The molecule has 1 saturated carbocycles. The number of piperidine rings is 1. The Morgan fingerprint density at radius 2 is 1.67 bits per heavy atom. The lowest BCUT2D eigenvalue weighted by Gasteiger charge is -2.43. The highest BCUT2D eigenvalue weighted by molar-refractivity contribution is 5.78. The van der Waals surface area contributed by atoms with E-state index < -0.39 is 0 Å². The van der Waals surface area contributed by atoms with Crippen molar-refractivity contribution in [2.75, 3.05) is 31.1 Å². The van der Waals surface area contributed by atoms with E-state index in [4.69, 9.17) is 0 Å². The van der Waals surface area contributed by atoms with Gasteiger partial charge in [-0.3, -0.25) is 14.5 Å². The molecule has 5 heteroatoms. The normalized spacial score (nSPS) is 19.9. The first-order valence-corrected chi connectivity index (χ1v) is 12.3. The lowest BCUT2D eigenvalue weighted by atomic mass is 9.86. The maximum absolute atomic E-state index is 11.8. The molecule has 0 atom stereocenters. The smallest absolute Gasteiger partial charge is 0.316 e. The Morgan fingerprint density at radius 1 is 1.00 bits per heavy atom. The highest BCUT2D eigenvalue weighted by Gasteiger charge is 2.34. The van der Waals surface area contributed by atoms with Gasteiger partial charge in [-0.25, -0.2) is 0 Å². The van der Waals surface area contributed by atoms with Gasteiger partial charge in [0.2, 0.25) is 0 Å². The highest BCUT2D eigenvalue weighted by atomic mass is 16.6. The Bertz CT molecular complexity index is 1010. The summed E-state index contributed by atoms with van der Waals surface area (Å²) in [5, 5.41) is 0. The second-order valence-corrected chi connectivity index (χ2v) is 10.2. The zero-order chi connectivity index (χ0) is 22.9. The van der Waals surface area contributed by atoms with Crippen molar-refractivity contribution in [3.63, 3.8) is 0 Å². The second-order valence-electron chi connectivity index (χ2n) is 10.2. The van der Waals surface area contributed by atoms with Crippen LogP contribution in [0.15, 0.2) is 36.4 Å². The van der Waals surface area contributed by atoms with Gasteiger partial charge >= 0.3 is 12.4 Å². The molecule has 5 rings (SSSR count). The summed E-state index contributed by atoms with van der Waals surface area (Å²) in [7, 11) is 0. The Hall–Kier alpha value is -2.66. The van der Waals surface area contributed by atoms with E-state index in [-0.39, 0.29) is 18.4 Å². The molecule has 5 nitrogen and oxygen atoms in total. The van der Waals surface area contributed by atoms with E-state index in [0.29, 0.717) is 5.92 Å². The van der Waals surface area contributed by atoms with Gasteiger partial charge in [-0.05, 0) is 92.4 Å². The maximum Gasteiger partial charge on any atom is 0.316 e. The van der Waals surface area contributed by atoms with Gasteiger partial charge in [-0.1, -0.05) is 30.3 Å². The minimum atomic E-state index is -0.379. The molecular formula is C28H34N2O3. The number of nitrogens with zero attached hydrogens (tertiary/aromatic N) is 2. The largest absolute Gasteiger partial charge is 0.395 e. The molecule has 0 radical (unpaired) electrons. The summed E-state index contributed by atoms with van der Waals surface area (Å²) in [6.45, 7) is 9.56. The molecule has 2 saturated heterocycles. The van der Waals surface area contributed by atoms with Gasteiger partial charge in [-0.15, -0.1) is 0 Å². The summed E-state index contributed by atoms with van der Waals surface area (Å²) in [4.78, 5) is 27.2. The third-order valence-corrected chi connectivity index (χ3v) is 7.83. The number of hydrogen-bond acceptors (Lipinski definition) is 5. The van der Waals surface area contributed by atoms with E-state index in [9.17, 15) is 9.59 Å². The SMILES string of the molecule is Cc1cc(C2CN(c3ccccc3C3CC3)C2)cc(C)c1CN1CCC(C(=O)OC=O)CC1.